The highest BCUT2D eigenvalue weighted by atomic mass is 32.2. The molecule has 0 aromatic carbocycles. The molecule has 2 atom stereocenters. The molecule has 1 saturated heterocycles. The molecule has 1 saturated carbocycles. The maximum atomic E-state index is 12.1. The van der Waals surface area contributed by atoms with Crippen LogP contribution in [0.2, 0.25) is 0 Å². The molecule has 2 rings (SSSR count). The Morgan fingerprint density at radius 3 is 2.31 bits per heavy atom. The summed E-state index contributed by atoms with van der Waals surface area (Å²) < 4.78 is 15.3. The average molecular weight is 244 g/mol. The van der Waals surface area contributed by atoms with E-state index in [1.807, 2.05) is 20.8 Å². The Balaban J connectivity index is 1.91. The highest BCUT2D eigenvalue weighted by Crippen LogP contribution is 2.48. The van der Waals surface area contributed by atoms with Gasteiger partial charge in [-0.1, -0.05) is 0 Å². The summed E-state index contributed by atoms with van der Waals surface area (Å²) in [5.74, 6) is 0. The third-order valence-corrected chi connectivity index (χ3v) is 5.69. The minimum absolute atomic E-state index is 0.149. The number of nitrogens with one attached hydrogen (secondary N) is 2. The van der Waals surface area contributed by atoms with Crippen molar-refractivity contribution >= 4 is 11.4 Å². The van der Waals surface area contributed by atoms with Crippen LogP contribution >= 0.6 is 0 Å². The van der Waals surface area contributed by atoms with E-state index in [9.17, 15) is 4.55 Å². The van der Waals surface area contributed by atoms with E-state index >= 15 is 0 Å². The van der Waals surface area contributed by atoms with Crippen LogP contribution in [0.15, 0.2) is 0 Å². The Bertz CT molecular complexity index is 246. The van der Waals surface area contributed by atoms with Crippen molar-refractivity contribution in [3.63, 3.8) is 0 Å². The van der Waals surface area contributed by atoms with Crippen LogP contribution in [0.5, 0.6) is 0 Å². The van der Waals surface area contributed by atoms with Gasteiger partial charge in [0, 0.05) is 11.4 Å². The van der Waals surface area contributed by atoms with Gasteiger partial charge in [0.2, 0.25) is 0 Å². The molecule has 2 aliphatic rings. The van der Waals surface area contributed by atoms with Crippen molar-refractivity contribution in [3.8, 4) is 0 Å². The van der Waals surface area contributed by atoms with Crippen molar-refractivity contribution in [2.45, 2.75) is 57.2 Å². The first kappa shape index (κ1) is 12.7. The molecule has 0 aromatic heterocycles. The maximum absolute atomic E-state index is 12.1. The lowest BCUT2D eigenvalue weighted by Gasteiger charge is -2.52. The van der Waals surface area contributed by atoms with Crippen LogP contribution in [0.4, 0.5) is 0 Å². The van der Waals surface area contributed by atoms with Gasteiger partial charge in [-0.15, -0.1) is 4.72 Å². The first-order chi connectivity index (χ1) is 7.44. The van der Waals surface area contributed by atoms with Gasteiger partial charge in [0.25, 0.3) is 0 Å². The monoisotopic (exact) mass is 244 g/mol. The highest BCUT2D eigenvalue weighted by Gasteiger charge is 2.49. The number of hydrogen-bond donors (Lipinski definition) is 2. The molecule has 1 aliphatic heterocycles. The van der Waals surface area contributed by atoms with Crippen molar-refractivity contribution in [2.24, 2.45) is 5.41 Å². The summed E-state index contributed by atoms with van der Waals surface area (Å²) in [4.78, 5) is 0. The predicted molar refractivity (Wildman–Crippen MR) is 68.6 cm³/mol. The molecular weight excluding hydrogens is 220 g/mol. The van der Waals surface area contributed by atoms with E-state index in [-0.39, 0.29) is 4.75 Å². The molecule has 4 heteroatoms. The fourth-order valence-corrected chi connectivity index (χ4v) is 3.69. The van der Waals surface area contributed by atoms with Gasteiger partial charge in [0.1, 0.15) is 4.75 Å². The zero-order chi connectivity index (χ0) is 11.8. The fourth-order valence-electron chi connectivity index (χ4n) is 2.71. The highest BCUT2D eigenvalue weighted by molar-refractivity contribution is 7.90. The number of piperidine rings is 1. The summed E-state index contributed by atoms with van der Waals surface area (Å²) in [6.07, 6.45) is 4.99. The number of rotatable bonds is 2. The van der Waals surface area contributed by atoms with Crippen LogP contribution in [0.1, 0.15) is 46.5 Å². The molecule has 94 valence electrons. The molecule has 0 unspecified atom stereocenters. The van der Waals surface area contributed by atoms with E-state index in [4.69, 9.17) is 0 Å². The van der Waals surface area contributed by atoms with E-state index in [1.165, 1.54) is 25.7 Å². The topological polar surface area (TPSA) is 47.1 Å². The Morgan fingerprint density at radius 1 is 1.25 bits per heavy atom. The summed E-state index contributed by atoms with van der Waals surface area (Å²) >= 11 is -0.914. The van der Waals surface area contributed by atoms with Gasteiger partial charge in [0.05, 0.1) is 6.04 Å². The second kappa shape index (κ2) is 4.48. The van der Waals surface area contributed by atoms with Crippen LogP contribution in [-0.4, -0.2) is 28.4 Å². The van der Waals surface area contributed by atoms with E-state index in [0.29, 0.717) is 11.5 Å². The predicted octanol–water partition coefficient (Wildman–Crippen LogP) is 1.57. The van der Waals surface area contributed by atoms with Gasteiger partial charge in [0.15, 0.2) is 0 Å². The molecule has 1 spiro atoms. The first-order valence-corrected chi connectivity index (χ1v) is 7.48. The third kappa shape index (κ3) is 2.40. The van der Waals surface area contributed by atoms with Gasteiger partial charge < -0.3 is 9.87 Å². The number of hydrogen-bond acceptors (Lipinski definition) is 3. The summed E-state index contributed by atoms with van der Waals surface area (Å²) in [7, 11) is 0. The fraction of sp³-hybridized carbons (Fsp3) is 1.00. The van der Waals surface area contributed by atoms with Gasteiger partial charge in [-0.2, -0.15) is 0 Å². The van der Waals surface area contributed by atoms with Gasteiger partial charge >= 0.3 is 0 Å². The lowest BCUT2D eigenvalue weighted by Crippen LogP contribution is -2.60. The molecule has 3 nitrogen and oxygen atoms in total. The molecule has 0 radical (unpaired) electrons. The smallest absolute Gasteiger partial charge is 0.136 e. The normalized spacial score (nSPS) is 31.1. The molecule has 0 amide bonds. The van der Waals surface area contributed by atoms with Crippen LogP contribution in [0.25, 0.3) is 0 Å². The van der Waals surface area contributed by atoms with Crippen molar-refractivity contribution in [3.05, 3.63) is 0 Å². The maximum Gasteiger partial charge on any atom is 0.136 e. The second-order valence-corrected chi connectivity index (χ2v) is 8.20. The van der Waals surface area contributed by atoms with Gasteiger partial charge in [-0.05, 0) is 65.0 Å². The lowest BCUT2D eigenvalue weighted by atomic mass is 9.60. The van der Waals surface area contributed by atoms with Crippen LogP contribution in [0, 0.1) is 5.41 Å². The second-order valence-electron chi connectivity index (χ2n) is 6.20. The molecule has 16 heavy (non-hydrogen) atoms. The molecular formula is C12H24N2OS. The molecule has 2 fully saturated rings. The minimum Gasteiger partial charge on any atom is -0.598 e. The van der Waals surface area contributed by atoms with Crippen molar-refractivity contribution < 1.29 is 4.55 Å². The largest absolute Gasteiger partial charge is 0.598 e. The Kier molecular flexibility index (Phi) is 3.55. The van der Waals surface area contributed by atoms with E-state index in [2.05, 4.69) is 10.0 Å². The Labute approximate surface area is 102 Å². The van der Waals surface area contributed by atoms with Gasteiger partial charge in [-0.25, -0.2) is 0 Å². The van der Waals surface area contributed by atoms with Crippen molar-refractivity contribution in [2.75, 3.05) is 13.1 Å². The molecule has 1 aliphatic carbocycles. The zero-order valence-corrected chi connectivity index (χ0v) is 11.5. The van der Waals surface area contributed by atoms with Gasteiger partial charge in [-0.3, -0.25) is 0 Å². The zero-order valence-electron chi connectivity index (χ0n) is 10.6. The Hall–Kier alpha value is 0.230. The van der Waals surface area contributed by atoms with E-state index in [1.54, 1.807) is 0 Å². The van der Waals surface area contributed by atoms with Crippen LogP contribution in [-0.2, 0) is 11.4 Å². The standard InChI is InChI=1S/C12H24N2OS/c1-11(2,3)16(15)14-10-4-5-12(10)6-8-13-9-7-12/h10,13-14H,4-9H2,1-3H3/t10-,16+/m0/s1. The van der Waals surface area contributed by atoms with Crippen molar-refractivity contribution in [1.82, 2.24) is 10.0 Å². The SMILES string of the molecule is CC(C)(C)[S@@+]([O-])N[C@H]1CCC12CCNCC2. The quantitative estimate of drug-likeness (QED) is 0.725. The summed E-state index contributed by atoms with van der Waals surface area (Å²) in [6, 6.07) is 0.481. The van der Waals surface area contributed by atoms with E-state index in [0.717, 1.165) is 13.1 Å². The Morgan fingerprint density at radius 2 is 1.88 bits per heavy atom. The molecule has 2 N–H and O–H groups in total. The third-order valence-electron chi connectivity index (χ3n) is 4.07. The first-order valence-electron chi connectivity index (χ1n) is 6.33. The summed E-state index contributed by atoms with van der Waals surface area (Å²) in [5, 5.41) is 3.41. The molecule has 0 bridgehead atoms. The van der Waals surface area contributed by atoms with E-state index < -0.39 is 11.4 Å². The molecule has 0 aromatic rings. The summed E-state index contributed by atoms with van der Waals surface area (Å²) in [5.41, 5.74) is 0.451. The minimum atomic E-state index is -0.914. The summed E-state index contributed by atoms with van der Waals surface area (Å²) in [6.45, 7) is 8.35. The van der Waals surface area contributed by atoms with Crippen LogP contribution < -0.4 is 10.0 Å². The lowest BCUT2D eigenvalue weighted by molar-refractivity contribution is 0.0434. The van der Waals surface area contributed by atoms with Crippen LogP contribution in [0.3, 0.4) is 0 Å². The van der Waals surface area contributed by atoms with Crippen molar-refractivity contribution in [1.29, 1.82) is 0 Å². The average Bonchev–Trinajstić information content (AvgIpc) is 2.24. The molecule has 1 heterocycles.